The van der Waals surface area contributed by atoms with Gasteiger partial charge in [0.05, 0.1) is 31.6 Å². The smallest absolute Gasteiger partial charge is 0.251 e. The zero-order valence-electron chi connectivity index (χ0n) is 22.1. The Kier molecular flexibility index (Phi) is 8.46. The number of hydrogen-bond acceptors (Lipinski definition) is 4. The lowest BCUT2D eigenvalue weighted by atomic mass is 9.93. The summed E-state index contributed by atoms with van der Waals surface area (Å²) in [5, 5.41) is 3.07. The van der Waals surface area contributed by atoms with Crippen LogP contribution in [0.15, 0.2) is 60.7 Å². The number of carbonyl (C=O) groups is 1. The molecule has 0 radical (unpaired) electrons. The maximum Gasteiger partial charge on any atom is 0.251 e. The van der Waals surface area contributed by atoms with Crippen molar-refractivity contribution in [3.05, 3.63) is 94.0 Å². The highest BCUT2D eigenvalue weighted by atomic mass is 32.2. The van der Waals surface area contributed by atoms with Crippen molar-refractivity contribution in [3.8, 4) is 5.75 Å². The summed E-state index contributed by atoms with van der Waals surface area (Å²) in [6.07, 6.45) is 1.19. The first-order chi connectivity index (χ1) is 16.9. The summed E-state index contributed by atoms with van der Waals surface area (Å²) < 4.78 is 31.9. The fourth-order valence-corrected chi connectivity index (χ4v) is 5.09. The van der Waals surface area contributed by atoms with Gasteiger partial charge in [0.2, 0.25) is 10.0 Å². The third-order valence-corrected chi connectivity index (χ3v) is 7.46. The molecule has 0 aliphatic carbocycles. The summed E-state index contributed by atoms with van der Waals surface area (Å²) >= 11 is 0. The molecule has 0 fully saturated rings. The van der Waals surface area contributed by atoms with Crippen LogP contribution in [-0.2, 0) is 16.6 Å². The largest absolute Gasteiger partial charge is 0.496 e. The molecule has 1 unspecified atom stereocenters. The summed E-state index contributed by atoms with van der Waals surface area (Å²) in [5.74, 6) is 0.911. The molecular formula is C29H36N2O4S. The maximum atomic E-state index is 13.0. The second-order valence-electron chi connectivity index (χ2n) is 9.60. The minimum Gasteiger partial charge on any atom is -0.496 e. The molecule has 36 heavy (non-hydrogen) atoms. The van der Waals surface area contributed by atoms with Gasteiger partial charge in [-0.25, -0.2) is 8.42 Å². The van der Waals surface area contributed by atoms with Gasteiger partial charge in [0.1, 0.15) is 5.75 Å². The average molecular weight is 509 g/mol. The number of nitrogens with one attached hydrogen (secondary N) is 1. The van der Waals surface area contributed by atoms with Crippen molar-refractivity contribution in [3.63, 3.8) is 0 Å². The van der Waals surface area contributed by atoms with E-state index in [-0.39, 0.29) is 24.4 Å². The minimum absolute atomic E-state index is 0.213. The van der Waals surface area contributed by atoms with Gasteiger partial charge in [0.25, 0.3) is 5.91 Å². The van der Waals surface area contributed by atoms with Crippen molar-refractivity contribution < 1.29 is 17.9 Å². The quantitative estimate of drug-likeness (QED) is 0.391. The monoisotopic (exact) mass is 508 g/mol. The summed E-state index contributed by atoms with van der Waals surface area (Å²) in [6.45, 7) is 10.4. The van der Waals surface area contributed by atoms with Crippen LogP contribution in [0.25, 0.3) is 0 Å². The van der Waals surface area contributed by atoms with Crippen molar-refractivity contribution in [2.75, 3.05) is 17.7 Å². The molecule has 0 aromatic heterocycles. The molecule has 0 saturated heterocycles. The molecule has 0 aliphatic heterocycles. The van der Waals surface area contributed by atoms with Crippen LogP contribution in [0.3, 0.4) is 0 Å². The Morgan fingerprint density at radius 3 is 2.08 bits per heavy atom. The van der Waals surface area contributed by atoms with Crippen LogP contribution in [0.1, 0.15) is 70.9 Å². The second-order valence-corrected chi connectivity index (χ2v) is 11.5. The van der Waals surface area contributed by atoms with E-state index in [1.54, 1.807) is 31.4 Å². The second kappa shape index (κ2) is 11.2. The number of amides is 1. The number of ether oxygens (including phenoxy) is 1. The van der Waals surface area contributed by atoms with Gasteiger partial charge in [-0.05, 0) is 85.3 Å². The number of aryl methyl sites for hydroxylation is 2. The Hall–Kier alpha value is -3.32. The van der Waals surface area contributed by atoms with Gasteiger partial charge in [-0.1, -0.05) is 43.7 Å². The highest BCUT2D eigenvalue weighted by molar-refractivity contribution is 7.92. The Labute approximate surface area is 215 Å². The summed E-state index contributed by atoms with van der Waals surface area (Å²) in [4.78, 5) is 13.0. The van der Waals surface area contributed by atoms with E-state index in [1.807, 2.05) is 51.1 Å². The van der Waals surface area contributed by atoms with E-state index in [0.717, 1.165) is 33.6 Å². The SMILES string of the molecule is COc1cc(C)c(C(C)NC(=O)c2ccc(N(Cc3ccc(C)cc3)S(C)(=O)=O)cc2)cc1C(C)C. The van der Waals surface area contributed by atoms with E-state index < -0.39 is 10.0 Å². The Morgan fingerprint density at radius 1 is 0.944 bits per heavy atom. The number of sulfonamides is 1. The molecule has 192 valence electrons. The van der Waals surface area contributed by atoms with Gasteiger partial charge < -0.3 is 10.1 Å². The van der Waals surface area contributed by atoms with Gasteiger partial charge in [-0.3, -0.25) is 9.10 Å². The number of rotatable bonds is 9. The van der Waals surface area contributed by atoms with Crippen LogP contribution >= 0.6 is 0 Å². The van der Waals surface area contributed by atoms with Crippen molar-refractivity contribution in [1.29, 1.82) is 0 Å². The number of anilines is 1. The van der Waals surface area contributed by atoms with E-state index >= 15 is 0 Å². The summed E-state index contributed by atoms with van der Waals surface area (Å²) in [6, 6.07) is 18.3. The number of methoxy groups -OCH3 is 1. The van der Waals surface area contributed by atoms with Crippen LogP contribution < -0.4 is 14.4 Å². The third kappa shape index (κ3) is 6.46. The Bertz CT molecular complexity index is 1310. The zero-order chi connectivity index (χ0) is 26.6. The molecule has 0 spiro atoms. The lowest BCUT2D eigenvalue weighted by molar-refractivity contribution is 0.0940. The molecule has 0 saturated carbocycles. The maximum absolute atomic E-state index is 13.0. The Balaban J connectivity index is 1.79. The molecule has 3 aromatic carbocycles. The number of nitrogens with zero attached hydrogens (tertiary/aromatic N) is 1. The van der Waals surface area contributed by atoms with Gasteiger partial charge in [0, 0.05) is 5.56 Å². The molecule has 3 aromatic rings. The van der Waals surface area contributed by atoms with Crippen molar-refractivity contribution in [2.24, 2.45) is 0 Å². The van der Waals surface area contributed by atoms with Crippen LogP contribution in [0, 0.1) is 13.8 Å². The lowest BCUT2D eigenvalue weighted by Crippen LogP contribution is -2.30. The number of carbonyl (C=O) groups excluding carboxylic acids is 1. The van der Waals surface area contributed by atoms with E-state index in [2.05, 4.69) is 25.2 Å². The molecular weight excluding hydrogens is 472 g/mol. The van der Waals surface area contributed by atoms with Gasteiger partial charge >= 0.3 is 0 Å². The van der Waals surface area contributed by atoms with Crippen LogP contribution in [-0.4, -0.2) is 27.7 Å². The normalized spacial score (nSPS) is 12.3. The third-order valence-electron chi connectivity index (χ3n) is 6.32. The van der Waals surface area contributed by atoms with Crippen LogP contribution in [0.4, 0.5) is 5.69 Å². The van der Waals surface area contributed by atoms with Crippen molar-refractivity contribution >= 4 is 21.6 Å². The predicted molar refractivity (Wildman–Crippen MR) is 146 cm³/mol. The average Bonchev–Trinajstić information content (AvgIpc) is 2.82. The van der Waals surface area contributed by atoms with Gasteiger partial charge in [-0.2, -0.15) is 0 Å². The van der Waals surface area contributed by atoms with E-state index in [9.17, 15) is 13.2 Å². The van der Waals surface area contributed by atoms with E-state index in [1.165, 1.54) is 10.6 Å². The highest BCUT2D eigenvalue weighted by Gasteiger charge is 2.20. The number of benzene rings is 3. The van der Waals surface area contributed by atoms with Crippen LogP contribution in [0.5, 0.6) is 5.75 Å². The first-order valence-corrected chi connectivity index (χ1v) is 13.9. The Morgan fingerprint density at radius 2 is 1.56 bits per heavy atom. The van der Waals surface area contributed by atoms with Crippen molar-refractivity contribution in [1.82, 2.24) is 5.32 Å². The molecule has 1 N–H and O–H groups in total. The predicted octanol–water partition coefficient (Wildman–Crippen LogP) is 5.89. The summed E-state index contributed by atoms with van der Waals surface area (Å²) in [5.41, 5.74) is 6.14. The molecule has 6 nitrogen and oxygen atoms in total. The summed E-state index contributed by atoms with van der Waals surface area (Å²) in [7, 11) is -1.85. The fraction of sp³-hybridized carbons (Fsp3) is 0.345. The minimum atomic E-state index is -3.51. The highest BCUT2D eigenvalue weighted by Crippen LogP contribution is 2.32. The van der Waals surface area contributed by atoms with E-state index in [0.29, 0.717) is 11.3 Å². The van der Waals surface area contributed by atoms with Gasteiger partial charge in [-0.15, -0.1) is 0 Å². The lowest BCUT2D eigenvalue weighted by Gasteiger charge is -2.23. The molecule has 0 heterocycles. The first-order valence-electron chi connectivity index (χ1n) is 12.0. The molecule has 1 amide bonds. The molecule has 7 heteroatoms. The molecule has 1 atom stereocenters. The molecule has 0 aliphatic rings. The van der Waals surface area contributed by atoms with E-state index in [4.69, 9.17) is 4.74 Å². The molecule has 0 bridgehead atoms. The first kappa shape index (κ1) is 27.3. The number of hydrogen-bond donors (Lipinski definition) is 1. The van der Waals surface area contributed by atoms with Crippen LogP contribution in [0.2, 0.25) is 0 Å². The zero-order valence-corrected chi connectivity index (χ0v) is 22.9. The van der Waals surface area contributed by atoms with Gasteiger partial charge in [0.15, 0.2) is 0 Å². The standard InChI is InChI=1S/C29H36N2O4S/c1-19(2)26-17-27(21(4)16-28(26)35-6)22(5)30-29(32)24-12-14-25(15-13-24)31(36(7,33)34)18-23-10-8-20(3)9-11-23/h8-17,19,22H,18H2,1-7H3,(H,30,32). The fourth-order valence-electron chi connectivity index (χ4n) is 4.21. The topological polar surface area (TPSA) is 75.7 Å². The van der Waals surface area contributed by atoms with Crippen molar-refractivity contribution in [2.45, 2.75) is 53.1 Å². The molecule has 3 rings (SSSR count).